The van der Waals surface area contributed by atoms with Gasteiger partial charge in [0.2, 0.25) is 0 Å². The van der Waals surface area contributed by atoms with E-state index in [1.165, 1.54) is 5.56 Å². The van der Waals surface area contributed by atoms with Crippen molar-refractivity contribution in [3.63, 3.8) is 0 Å². The molecule has 0 aliphatic rings. The van der Waals surface area contributed by atoms with Crippen LogP contribution in [-0.4, -0.2) is 20.3 Å². The minimum absolute atomic E-state index is 0.601. The molecule has 112 valence electrons. The third-order valence-corrected chi connectivity index (χ3v) is 3.33. The summed E-state index contributed by atoms with van der Waals surface area (Å²) in [7, 11) is 1.66. The molecule has 0 fully saturated rings. The van der Waals surface area contributed by atoms with Gasteiger partial charge >= 0.3 is 0 Å². The molecule has 1 aromatic carbocycles. The van der Waals surface area contributed by atoms with Crippen LogP contribution < -0.4 is 14.8 Å². The third kappa shape index (κ3) is 5.55. The molecule has 4 heteroatoms. The molecule has 3 nitrogen and oxygen atoms in total. The Balaban J connectivity index is 2.75. The molecule has 0 aliphatic carbocycles. The van der Waals surface area contributed by atoms with Crippen molar-refractivity contribution in [1.29, 1.82) is 0 Å². The second-order valence-electron chi connectivity index (χ2n) is 5.06. The van der Waals surface area contributed by atoms with Crippen LogP contribution in [0.4, 0.5) is 0 Å². The zero-order valence-corrected chi connectivity index (χ0v) is 14.1. The normalized spacial score (nSPS) is 10.7. The fraction of sp³-hybridized carbons (Fsp3) is 0.500. The zero-order valence-electron chi connectivity index (χ0n) is 12.5. The fourth-order valence-corrected chi connectivity index (χ4v) is 2.37. The number of rotatable bonds is 9. The molecule has 1 rings (SSSR count). The summed E-state index contributed by atoms with van der Waals surface area (Å²) in [5, 5.41) is 3.42. The van der Waals surface area contributed by atoms with Crippen molar-refractivity contribution in [2.45, 2.75) is 26.8 Å². The molecule has 0 amide bonds. The molecule has 0 atom stereocenters. The lowest BCUT2D eigenvalue weighted by molar-refractivity contribution is 0.297. The van der Waals surface area contributed by atoms with Crippen LogP contribution in [0.3, 0.4) is 0 Å². The van der Waals surface area contributed by atoms with E-state index in [1.54, 1.807) is 7.11 Å². The van der Waals surface area contributed by atoms with E-state index in [0.29, 0.717) is 12.5 Å². The first kappa shape index (κ1) is 17.1. The number of ether oxygens (including phenoxy) is 2. The first-order valence-corrected chi connectivity index (χ1v) is 7.68. The maximum atomic E-state index is 5.73. The Labute approximate surface area is 130 Å². The summed E-state index contributed by atoms with van der Waals surface area (Å²) in [5.41, 5.74) is 1.17. The van der Waals surface area contributed by atoms with E-state index in [0.717, 1.165) is 35.5 Å². The van der Waals surface area contributed by atoms with Crippen LogP contribution in [0, 0.1) is 5.92 Å². The lowest BCUT2D eigenvalue weighted by Crippen LogP contribution is -2.19. The molecule has 0 heterocycles. The summed E-state index contributed by atoms with van der Waals surface area (Å²) >= 11 is 3.55. The lowest BCUT2D eigenvalue weighted by atomic mass is 10.2. The summed E-state index contributed by atoms with van der Waals surface area (Å²) in [5.74, 6) is 2.15. The van der Waals surface area contributed by atoms with Crippen molar-refractivity contribution in [1.82, 2.24) is 5.32 Å². The van der Waals surface area contributed by atoms with Gasteiger partial charge in [-0.15, -0.1) is 6.58 Å². The maximum Gasteiger partial charge on any atom is 0.175 e. The average molecular weight is 342 g/mol. The molecule has 20 heavy (non-hydrogen) atoms. The number of benzene rings is 1. The monoisotopic (exact) mass is 341 g/mol. The van der Waals surface area contributed by atoms with Crippen LogP contribution in [0.5, 0.6) is 11.5 Å². The van der Waals surface area contributed by atoms with E-state index in [2.05, 4.69) is 47.7 Å². The van der Waals surface area contributed by atoms with E-state index in [1.807, 2.05) is 12.1 Å². The third-order valence-electron chi connectivity index (χ3n) is 2.74. The molecule has 0 saturated carbocycles. The van der Waals surface area contributed by atoms with E-state index < -0.39 is 0 Å². The van der Waals surface area contributed by atoms with Gasteiger partial charge in [0, 0.05) is 6.54 Å². The van der Waals surface area contributed by atoms with Crippen LogP contribution >= 0.6 is 15.9 Å². The quantitative estimate of drug-likeness (QED) is 0.540. The second kappa shape index (κ2) is 9.03. The van der Waals surface area contributed by atoms with E-state index in [-0.39, 0.29) is 0 Å². The number of methoxy groups -OCH3 is 1. The highest BCUT2D eigenvalue weighted by molar-refractivity contribution is 9.10. The highest BCUT2D eigenvalue weighted by atomic mass is 79.9. The van der Waals surface area contributed by atoms with Crippen LogP contribution in [-0.2, 0) is 6.54 Å². The van der Waals surface area contributed by atoms with Crippen molar-refractivity contribution in [2.24, 2.45) is 5.92 Å². The predicted molar refractivity (Wildman–Crippen MR) is 87.5 cm³/mol. The van der Waals surface area contributed by atoms with E-state index in [4.69, 9.17) is 9.47 Å². The molecule has 1 N–H and O–H groups in total. The summed E-state index contributed by atoms with van der Waals surface area (Å²) in [6.07, 6.45) is 2.65. The minimum Gasteiger partial charge on any atom is -0.493 e. The minimum atomic E-state index is 0.601. The Morgan fingerprint density at radius 3 is 2.75 bits per heavy atom. The Kier molecular flexibility index (Phi) is 7.70. The molecule has 0 aromatic heterocycles. The van der Waals surface area contributed by atoms with Gasteiger partial charge in [0.1, 0.15) is 0 Å². The molecule has 0 saturated heterocycles. The summed E-state index contributed by atoms with van der Waals surface area (Å²) < 4.78 is 12.1. The van der Waals surface area contributed by atoms with Gasteiger partial charge in [-0.1, -0.05) is 19.9 Å². The SMILES string of the molecule is C=CCCOc1c(Br)cc(CNCC(C)C)cc1OC. The number of hydrogen-bond acceptors (Lipinski definition) is 3. The van der Waals surface area contributed by atoms with Gasteiger partial charge in [-0.25, -0.2) is 0 Å². The first-order valence-electron chi connectivity index (χ1n) is 6.89. The maximum absolute atomic E-state index is 5.73. The van der Waals surface area contributed by atoms with Crippen molar-refractivity contribution < 1.29 is 9.47 Å². The molecule has 0 bridgehead atoms. The average Bonchev–Trinajstić information content (AvgIpc) is 2.40. The molecule has 0 unspecified atom stereocenters. The smallest absolute Gasteiger partial charge is 0.175 e. The van der Waals surface area contributed by atoms with Crippen LogP contribution in [0.1, 0.15) is 25.8 Å². The Hall–Kier alpha value is -1.00. The van der Waals surface area contributed by atoms with Gasteiger partial charge in [-0.05, 0) is 52.5 Å². The summed E-state index contributed by atoms with van der Waals surface area (Å²) in [6, 6.07) is 4.08. The Morgan fingerprint density at radius 2 is 2.15 bits per heavy atom. The second-order valence-corrected chi connectivity index (χ2v) is 5.91. The van der Waals surface area contributed by atoms with Crippen molar-refractivity contribution >= 4 is 15.9 Å². The topological polar surface area (TPSA) is 30.5 Å². The number of halogens is 1. The first-order chi connectivity index (χ1) is 9.58. The number of hydrogen-bond donors (Lipinski definition) is 1. The largest absolute Gasteiger partial charge is 0.493 e. The molecule has 0 spiro atoms. The molecular formula is C16H24BrNO2. The summed E-state index contributed by atoms with van der Waals surface area (Å²) in [6.45, 7) is 10.5. The Morgan fingerprint density at radius 1 is 1.40 bits per heavy atom. The van der Waals surface area contributed by atoms with Gasteiger partial charge < -0.3 is 14.8 Å². The van der Waals surface area contributed by atoms with Gasteiger partial charge in [0.15, 0.2) is 11.5 Å². The lowest BCUT2D eigenvalue weighted by Gasteiger charge is -2.15. The fourth-order valence-electron chi connectivity index (χ4n) is 1.76. The van der Waals surface area contributed by atoms with Crippen molar-refractivity contribution in [2.75, 3.05) is 20.3 Å². The van der Waals surface area contributed by atoms with Gasteiger partial charge in [-0.2, -0.15) is 0 Å². The Bertz CT molecular complexity index is 433. The van der Waals surface area contributed by atoms with Gasteiger partial charge in [-0.3, -0.25) is 0 Å². The molecule has 0 aliphatic heterocycles. The highest BCUT2D eigenvalue weighted by Gasteiger charge is 2.11. The predicted octanol–water partition coefficient (Wildman–Crippen LogP) is 4.16. The number of nitrogens with one attached hydrogen (secondary N) is 1. The van der Waals surface area contributed by atoms with E-state index in [9.17, 15) is 0 Å². The zero-order chi connectivity index (χ0) is 15.0. The van der Waals surface area contributed by atoms with Crippen LogP contribution in [0.15, 0.2) is 29.3 Å². The van der Waals surface area contributed by atoms with Crippen LogP contribution in [0.2, 0.25) is 0 Å². The van der Waals surface area contributed by atoms with Gasteiger partial charge in [0.05, 0.1) is 18.2 Å². The van der Waals surface area contributed by atoms with Gasteiger partial charge in [0.25, 0.3) is 0 Å². The van der Waals surface area contributed by atoms with Crippen molar-refractivity contribution in [3.05, 3.63) is 34.8 Å². The molecular weight excluding hydrogens is 318 g/mol. The highest BCUT2D eigenvalue weighted by Crippen LogP contribution is 2.36. The molecule has 1 aromatic rings. The standard InChI is InChI=1S/C16H24BrNO2/c1-5-6-7-20-16-14(17)8-13(9-15(16)19-4)11-18-10-12(2)3/h5,8-9,12,18H,1,6-7,10-11H2,2-4H3. The van der Waals surface area contributed by atoms with E-state index >= 15 is 0 Å². The van der Waals surface area contributed by atoms with Crippen molar-refractivity contribution in [3.8, 4) is 11.5 Å². The molecule has 0 radical (unpaired) electrons. The van der Waals surface area contributed by atoms with Crippen LogP contribution in [0.25, 0.3) is 0 Å². The summed E-state index contributed by atoms with van der Waals surface area (Å²) in [4.78, 5) is 0.